The highest BCUT2D eigenvalue weighted by atomic mass is 32.1. The van der Waals surface area contributed by atoms with E-state index in [1.807, 2.05) is 0 Å². The Bertz CT molecular complexity index is 368. The number of rotatable bonds is 4. The second kappa shape index (κ2) is 6.60. The summed E-state index contributed by atoms with van der Waals surface area (Å²) in [5, 5.41) is 7.30. The Balaban J connectivity index is 2.62. The highest BCUT2D eigenvalue weighted by molar-refractivity contribution is 7.80. The van der Waals surface area contributed by atoms with Crippen LogP contribution in [0.5, 0.6) is 0 Å². The minimum atomic E-state index is 0.421. The maximum atomic E-state index is 5.32. The smallest absolute Gasteiger partial charge is 0.171 e. The summed E-state index contributed by atoms with van der Waals surface area (Å²) < 4.78 is 0. The normalized spacial score (nSPS) is 12.0. The van der Waals surface area contributed by atoms with Gasteiger partial charge in [0.15, 0.2) is 5.11 Å². The van der Waals surface area contributed by atoms with Crippen LogP contribution in [-0.4, -0.2) is 11.2 Å². The lowest BCUT2D eigenvalue weighted by molar-refractivity contribution is 0.599. The van der Waals surface area contributed by atoms with Gasteiger partial charge in [0.05, 0.1) is 0 Å². The molecule has 0 bridgehead atoms. The zero-order chi connectivity index (χ0) is 12.8. The quantitative estimate of drug-likeness (QED) is 0.795. The first-order chi connectivity index (χ1) is 8.04. The Morgan fingerprint density at radius 2 is 1.88 bits per heavy atom. The molecular weight excluding hydrogens is 228 g/mol. The third-order valence-electron chi connectivity index (χ3n) is 2.82. The molecule has 0 saturated carbocycles. The van der Waals surface area contributed by atoms with Gasteiger partial charge in [0, 0.05) is 11.7 Å². The van der Waals surface area contributed by atoms with Crippen molar-refractivity contribution in [2.45, 2.75) is 46.6 Å². The van der Waals surface area contributed by atoms with Crippen LogP contribution >= 0.6 is 12.2 Å². The second-order valence-corrected chi connectivity index (χ2v) is 4.96. The van der Waals surface area contributed by atoms with E-state index in [0.717, 1.165) is 12.1 Å². The van der Waals surface area contributed by atoms with Crippen molar-refractivity contribution in [1.82, 2.24) is 5.32 Å². The van der Waals surface area contributed by atoms with Crippen LogP contribution in [0, 0.1) is 13.8 Å². The van der Waals surface area contributed by atoms with Crippen LogP contribution in [0.4, 0.5) is 5.69 Å². The van der Waals surface area contributed by atoms with Crippen molar-refractivity contribution in [2.24, 2.45) is 0 Å². The molecule has 0 heterocycles. The van der Waals surface area contributed by atoms with E-state index < -0.39 is 0 Å². The average molecular weight is 250 g/mol. The average Bonchev–Trinajstić information content (AvgIpc) is 2.24. The molecule has 0 aromatic heterocycles. The molecule has 0 amide bonds. The molecule has 2 N–H and O–H groups in total. The van der Waals surface area contributed by atoms with E-state index in [4.69, 9.17) is 12.2 Å². The molecule has 2 nitrogen and oxygen atoms in total. The molecule has 0 radical (unpaired) electrons. The molecule has 0 spiro atoms. The molecule has 1 aromatic carbocycles. The van der Waals surface area contributed by atoms with Crippen LogP contribution in [-0.2, 0) is 0 Å². The van der Waals surface area contributed by atoms with E-state index in [2.05, 4.69) is 56.5 Å². The molecule has 17 heavy (non-hydrogen) atoms. The number of hydrogen-bond donors (Lipinski definition) is 2. The molecule has 0 aliphatic heterocycles. The van der Waals surface area contributed by atoms with E-state index in [0.29, 0.717) is 11.2 Å². The topological polar surface area (TPSA) is 24.1 Å². The molecule has 0 saturated heterocycles. The summed E-state index contributed by atoms with van der Waals surface area (Å²) in [5.41, 5.74) is 3.56. The highest BCUT2D eigenvalue weighted by Gasteiger charge is 2.06. The van der Waals surface area contributed by atoms with Crippen molar-refractivity contribution in [3.63, 3.8) is 0 Å². The number of nitrogens with one attached hydrogen (secondary N) is 2. The van der Waals surface area contributed by atoms with Crippen molar-refractivity contribution in [2.75, 3.05) is 5.32 Å². The van der Waals surface area contributed by atoms with Gasteiger partial charge >= 0.3 is 0 Å². The van der Waals surface area contributed by atoms with Gasteiger partial charge in [-0.15, -0.1) is 0 Å². The first-order valence-electron chi connectivity index (χ1n) is 6.18. The third kappa shape index (κ3) is 4.35. The van der Waals surface area contributed by atoms with Crippen molar-refractivity contribution < 1.29 is 0 Å². The highest BCUT2D eigenvalue weighted by Crippen LogP contribution is 2.19. The number of hydrogen-bond acceptors (Lipinski definition) is 1. The Labute approximate surface area is 110 Å². The minimum Gasteiger partial charge on any atom is -0.360 e. The van der Waals surface area contributed by atoms with Gasteiger partial charge in [-0.1, -0.05) is 31.5 Å². The number of para-hydroxylation sites is 1. The fourth-order valence-corrected chi connectivity index (χ4v) is 2.19. The van der Waals surface area contributed by atoms with Gasteiger partial charge in [-0.05, 0) is 50.5 Å². The molecule has 1 unspecified atom stereocenters. The Kier molecular flexibility index (Phi) is 5.42. The van der Waals surface area contributed by atoms with Crippen molar-refractivity contribution in [3.05, 3.63) is 29.3 Å². The van der Waals surface area contributed by atoms with Gasteiger partial charge in [-0.2, -0.15) is 0 Å². The van der Waals surface area contributed by atoms with E-state index in [-0.39, 0.29) is 0 Å². The summed E-state index contributed by atoms with van der Waals surface area (Å²) in [7, 11) is 0. The molecule has 0 aliphatic carbocycles. The lowest BCUT2D eigenvalue weighted by Crippen LogP contribution is -2.36. The molecule has 3 heteroatoms. The molecule has 1 rings (SSSR count). The van der Waals surface area contributed by atoms with Gasteiger partial charge in [-0.3, -0.25) is 0 Å². The maximum Gasteiger partial charge on any atom is 0.171 e. The molecule has 1 aromatic rings. The monoisotopic (exact) mass is 250 g/mol. The van der Waals surface area contributed by atoms with Crippen LogP contribution in [0.1, 0.15) is 37.8 Å². The lowest BCUT2D eigenvalue weighted by atomic mass is 10.1. The van der Waals surface area contributed by atoms with Crippen LogP contribution < -0.4 is 10.6 Å². The summed E-state index contributed by atoms with van der Waals surface area (Å²) in [6.45, 7) is 8.52. The summed E-state index contributed by atoms with van der Waals surface area (Å²) in [4.78, 5) is 0. The van der Waals surface area contributed by atoms with E-state index in [1.165, 1.54) is 17.5 Å². The van der Waals surface area contributed by atoms with Gasteiger partial charge in [0.2, 0.25) is 0 Å². The Morgan fingerprint density at radius 1 is 1.29 bits per heavy atom. The zero-order valence-electron chi connectivity index (χ0n) is 11.1. The zero-order valence-corrected chi connectivity index (χ0v) is 11.9. The molecular formula is C14H22N2S. The predicted octanol–water partition coefficient (Wildman–Crippen LogP) is 3.78. The van der Waals surface area contributed by atoms with Crippen LogP contribution in [0.2, 0.25) is 0 Å². The predicted molar refractivity (Wildman–Crippen MR) is 79.6 cm³/mol. The minimum absolute atomic E-state index is 0.421. The second-order valence-electron chi connectivity index (χ2n) is 4.55. The van der Waals surface area contributed by atoms with Gasteiger partial charge in [0.25, 0.3) is 0 Å². The molecule has 94 valence electrons. The van der Waals surface area contributed by atoms with Crippen LogP contribution in [0.3, 0.4) is 0 Å². The standard InChI is InChI=1S/C14H22N2S/c1-5-7-12(4)15-14(17)16-13-10(2)8-6-9-11(13)3/h6,8-9,12H,5,7H2,1-4H3,(H2,15,16,17). The molecule has 0 aliphatic rings. The van der Waals surface area contributed by atoms with Gasteiger partial charge < -0.3 is 10.6 Å². The van der Waals surface area contributed by atoms with E-state index in [1.54, 1.807) is 0 Å². The fourth-order valence-electron chi connectivity index (χ4n) is 1.89. The van der Waals surface area contributed by atoms with E-state index >= 15 is 0 Å². The summed E-state index contributed by atoms with van der Waals surface area (Å²) in [6.07, 6.45) is 2.30. The number of anilines is 1. The first-order valence-corrected chi connectivity index (χ1v) is 6.59. The summed E-state index contributed by atoms with van der Waals surface area (Å²) in [6, 6.07) is 6.66. The lowest BCUT2D eigenvalue weighted by Gasteiger charge is -2.18. The Morgan fingerprint density at radius 3 is 2.41 bits per heavy atom. The summed E-state index contributed by atoms with van der Waals surface area (Å²) in [5.74, 6) is 0. The molecule has 1 atom stereocenters. The van der Waals surface area contributed by atoms with Crippen LogP contribution in [0.25, 0.3) is 0 Å². The molecule has 0 fully saturated rings. The van der Waals surface area contributed by atoms with Gasteiger partial charge in [0.1, 0.15) is 0 Å². The SMILES string of the molecule is CCCC(C)NC(=S)Nc1c(C)cccc1C. The van der Waals surface area contributed by atoms with Crippen molar-refractivity contribution in [3.8, 4) is 0 Å². The number of aryl methyl sites for hydroxylation is 2. The first kappa shape index (κ1) is 14.0. The van der Waals surface area contributed by atoms with Crippen molar-refractivity contribution >= 4 is 23.0 Å². The Hall–Kier alpha value is -1.09. The number of thiocarbonyl (C=S) groups is 1. The van der Waals surface area contributed by atoms with Gasteiger partial charge in [-0.25, -0.2) is 0 Å². The summed E-state index contributed by atoms with van der Waals surface area (Å²) >= 11 is 5.32. The largest absolute Gasteiger partial charge is 0.360 e. The van der Waals surface area contributed by atoms with Crippen molar-refractivity contribution in [1.29, 1.82) is 0 Å². The third-order valence-corrected chi connectivity index (χ3v) is 3.04. The maximum absolute atomic E-state index is 5.32. The van der Waals surface area contributed by atoms with E-state index in [9.17, 15) is 0 Å². The fraction of sp³-hybridized carbons (Fsp3) is 0.500. The number of benzene rings is 1. The van der Waals surface area contributed by atoms with Crippen LogP contribution in [0.15, 0.2) is 18.2 Å².